The van der Waals surface area contributed by atoms with E-state index in [2.05, 4.69) is 16.6 Å². The molecule has 104 valence electrons. The molecule has 1 N–H and O–H groups in total. The zero-order valence-electron chi connectivity index (χ0n) is 11.3. The van der Waals surface area contributed by atoms with Crippen LogP contribution in [-0.2, 0) is 10.0 Å². The second-order valence-electron chi connectivity index (χ2n) is 4.54. The third-order valence-corrected chi connectivity index (χ3v) is 4.46. The highest BCUT2D eigenvalue weighted by Gasteiger charge is 2.29. The van der Waals surface area contributed by atoms with Crippen LogP contribution in [0, 0.1) is 0 Å². The molecule has 1 aromatic carbocycles. The minimum Gasteiger partial charge on any atom is -0.314 e. The molecule has 0 bridgehead atoms. The predicted octanol–water partition coefficient (Wildman–Crippen LogP) is 1.96. The molecule has 0 spiro atoms. The zero-order chi connectivity index (χ0) is 13.9. The summed E-state index contributed by atoms with van der Waals surface area (Å²) in [4.78, 5) is 6.42. The second-order valence-corrected chi connectivity index (χ2v) is 6.20. The Morgan fingerprint density at radius 1 is 1.26 bits per heavy atom. The van der Waals surface area contributed by atoms with Gasteiger partial charge in [-0.2, -0.15) is 0 Å². The summed E-state index contributed by atoms with van der Waals surface area (Å²) in [5, 5.41) is 0. The summed E-state index contributed by atoms with van der Waals surface area (Å²) < 4.78 is 26.7. The number of rotatable bonds is 4. The van der Waals surface area contributed by atoms with E-state index in [0.29, 0.717) is 23.1 Å². The molecular formula is C13H19N3O2S. The summed E-state index contributed by atoms with van der Waals surface area (Å²) in [6.07, 6.45) is 3.19. The van der Waals surface area contributed by atoms with Crippen LogP contribution in [0.1, 0.15) is 26.2 Å². The molecule has 0 amide bonds. The fourth-order valence-electron chi connectivity index (χ4n) is 2.00. The fraction of sp³-hybridized carbons (Fsp3) is 0.462. The van der Waals surface area contributed by atoms with Crippen molar-refractivity contribution in [1.29, 1.82) is 0 Å². The number of guanidine groups is 1. The molecule has 0 saturated carbocycles. The van der Waals surface area contributed by atoms with Crippen molar-refractivity contribution in [3.63, 3.8) is 0 Å². The Kier molecular flexibility index (Phi) is 4.09. The quantitative estimate of drug-likeness (QED) is 0.858. The summed E-state index contributed by atoms with van der Waals surface area (Å²) in [5.74, 6) is 0.398. The Balaban J connectivity index is 2.28. The average Bonchev–Trinajstić information content (AvgIpc) is 2.40. The van der Waals surface area contributed by atoms with Crippen molar-refractivity contribution in [3.8, 4) is 0 Å². The number of unbranched alkanes of at least 4 members (excludes halogenated alkanes) is 2. The first kappa shape index (κ1) is 13.9. The van der Waals surface area contributed by atoms with E-state index in [-0.39, 0.29) is 0 Å². The minimum atomic E-state index is -3.49. The Morgan fingerprint density at radius 2 is 2.00 bits per heavy atom. The van der Waals surface area contributed by atoms with Crippen LogP contribution in [0.3, 0.4) is 0 Å². The highest BCUT2D eigenvalue weighted by atomic mass is 32.2. The number of nitrogens with zero attached hydrogens (tertiary/aromatic N) is 2. The van der Waals surface area contributed by atoms with Crippen LogP contribution in [0.25, 0.3) is 0 Å². The van der Waals surface area contributed by atoms with Crippen molar-refractivity contribution in [2.45, 2.75) is 31.1 Å². The number of para-hydroxylation sites is 1. The van der Waals surface area contributed by atoms with Gasteiger partial charge in [-0.25, -0.2) is 13.1 Å². The van der Waals surface area contributed by atoms with Crippen molar-refractivity contribution < 1.29 is 8.42 Å². The van der Waals surface area contributed by atoms with Crippen LogP contribution in [-0.4, -0.2) is 28.0 Å². The standard InChI is InChI=1S/C13H19N3O2S/c1-3-4-7-10-14-13-15-19(17,18)12-9-6-5-8-11(12)16(13)2/h5-6,8-9H,3-4,7,10H2,1-2H3,(H,14,15). The Hall–Kier alpha value is -1.56. The fourth-order valence-corrected chi connectivity index (χ4v) is 3.29. The van der Waals surface area contributed by atoms with E-state index < -0.39 is 10.0 Å². The smallest absolute Gasteiger partial charge is 0.266 e. The molecule has 0 fully saturated rings. The molecule has 1 aliphatic heterocycles. The molecule has 0 unspecified atom stereocenters. The maximum absolute atomic E-state index is 12.1. The van der Waals surface area contributed by atoms with Gasteiger partial charge < -0.3 is 4.90 Å². The van der Waals surface area contributed by atoms with E-state index in [9.17, 15) is 8.42 Å². The molecule has 1 aromatic rings. The number of sulfonamides is 1. The molecule has 2 rings (SSSR count). The Labute approximate surface area is 114 Å². The van der Waals surface area contributed by atoms with E-state index >= 15 is 0 Å². The number of hydrogen-bond acceptors (Lipinski definition) is 3. The van der Waals surface area contributed by atoms with Gasteiger partial charge in [0.2, 0.25) is 5.96 Å². The van der Waals surface area contributed by atoms with E-state index in [4.69, 9.17) is 0 Å². The molecule has 0 aromatic heterocycles. The van der Waals surface area contributed by atoms with Gasteiger partial charge >= 0.3 is 0 Å². The van der Waals surface area contributed by atoms with Crippen molar-refractivity contribution in [1.82, 2.24) is 4.72 Å². The molecule has 0 aliphatic carbocycles. The Bertz CT molecular complexity index is 581. The van der Waals surface area contributed by atoms with Gasteiger partial charge in [-0.15, -0.1) is 0 Å². The predicted molar refractivity (Wildman–Crippen MR) is 77.0 cm³/mol. The summed E-state index contributed by atoms with van der Waals surface area (Å²) in [6.45, 7) is 2.76. The van der Waals surface area contributed by atoms with E-state index in [1.54, 1.807) is 23.1 Å². The van der Waals surface area contributed by atoms with Crippen molar-refractivity contribution in [2.24, 2.45) is 4.99 Å². The van der Waals surface area contributed by atoms with Crippen molar-refractivity contribution in [2.75, 3.05) is 18.5 Å². The third-order valence-electron chi connectivity index (χ3n) is 3.08. The molecule has 6 heteroatoms. The molecule has 0 radical (unpaired) electrons. The van der Waals surface area contributed by atoms with E-state index in [1.807, 2.05) is 13.1 Å². The molecule has 5 nitrogen and oxygen atoms in total. The van der Waals surface area contributed by atoms with Crippen LogP contribution in [0.4, 0.5) is 5.69 Å². The third kappa shape index (κ3) is 2.89. The van der Waals surface area contributed by atoms with Crippen molar-refractivity contribution in [3.05, 3.63) is 24.3 Å². The van der Waals surface area contributed by atoms with Gasteiger partial charge in [-0.1, -0.05) is 31.9 Å². The van der Waals surface area contributed by atoms with Gasteiger partial charge in [-0.05, 0) is 18.6 Å². The van der Waals surface area contributed by atoms with Gasteiger partial charge in [-0.3, -0.25) is 4.99 Å². The summed E-state index contributed by atoms with van der Waals surface area (Å²) >= 11 is 0. The number of fused-ring (bicyclic) bond motifs is 1. The van der Waals surface area contributed by atoms with Crippen molar-refractivity contribution >= 4 is 21.7 Å². The normalized spacial score (nSPS) is 19.1. The van der Waals surface area contributed by atoms with Gasteiger partial charge in [0.1, 0.15) is 4.90 Å². The molecule has 1 heterocycles. The highest BCUT2D eigenvalue weighted by Crippen LogP contribution is 2.27. The first-order valence-electron chi connectivity index (χ1n) is 6.46. The summed E-state index contributed by atoms with van der Waals surface area (Å²) in [6, 6.07) is 6.93. The van der Waals surface area contributed by atoms with Crippen LogP contribution in [0.5, 0.6) is 0 Å². The van der Waals surface area contributed by atoms with Crippen LogP contribution in [0.2, 0.25) is 0 Å². The lowest BCUT2D eigenvalue weighted by Gasteiger charge is -2.29. The zero-order valence-corrected chi connectivity index (χ0v) is 12.1. The molecule has 0 atom stereocenters. The molecule has 1 aliphatic rings. The largest absolute Gasteiger partial charge is 0.314 e. The maximum atomic E-state index is 12.1. The molecule has 0 saturated heterocycles. The van der Waals surface area contributed by atoms with E-state index in [0.717, 1.165) is 19.3 Å². The topological polar surface area (TPSA) is 61.8 Å². The SMILES string of the molecule is CCCCCN=C1NS(=O)(=O)c2ccccc2N1C. The van der Waals surface area contributed by atoms with Crippen LogP contribution < -0.4 is 9.62 Å². The number of nitrogens with one attached hydrogen (secondary N) is 1. The molecular weight excluding hydrogens is 262 g/mol. The first-order chi connectivity index (χ1) is 9.06. The van der Waals surface area contributed by atoms with E-state index in [1.165, 1.54) is 0 Å². The van der Waals surface area contributed by atoms with Gasteiger partial charge in [0.25, 0.3) is 10.0 Å². The molecule has 19 heavy (non-hydrogen) atoms. The maximum Gasteiger partial charge on any atom is 0.266 e. The number of anilines is 1. The van der Waals surface area contributed by atoms with Gasteiger partial charge in [0, 0.05) is 13.6 Å². The lowest BCUT2D eigenvalue weighted by molar-refractivity contribution is 0.590. The number of benzene rings is 1. The van der Waals surface area contributed by atoms with Crippen LogP contribution >= 0.6 is 0 Å². The summed E-state index contributed by atoms with van der Waals surface area (Å²) in [5.41, 5.74) is 0.662. The van der Waals surface area contributed by atoms with Gasteiger partial charge in [0.15, 0.2) is 0 Å². The minimum absolute atomic E-state index is 0.296. The second kappa shape index (κ2) is 5.61. The Morgan fingerprint density at radius 3 is 2.74 bits per heavy atom. The van der Waals surface area contributed by atoms with Crippen LogP contribution in [0.15, 0.2) is 34.2 Å². The van der Waals surface area contributed by atoms with Gasteiger partial charge in [0.05, 0.1) is 5.69 Å². The lowest BCUT2D eigenvalue weighted by atomic mass is 10.2. The number of hydrogen-bond donors (Lipinski definition) is 1. The average molecular weight is 281 g/mol. The monoisotopic (exact) mass is 281 g/mol. The highest BCUT2D eigenvalue weighted by molar-refractivity contribution is 7.90. The first-order valence-corrected chi connectivity index (χ1v) is 7.94. The number of aliphatic imine (C=N–C) groups is 1. The summed E-state index contributed by atoms with van der Waals surface area (Å²) in [7, 11) is -1.67. The lowest BCUT2D eigenvalue weighted by Crippen LogP contribution is -2.47.